The number of aryl methyl sites for hydroxylation is 1. The van der Waals surface area contributed by atoms with E-state index in [0.29, 0.717) is 6.42 Å². The molecule has 0 aliphatic heterocycles. The maximum Gasteiger partial charge on any atom is 0.316 e. The van der Waals surface area contributed by atoms with E-state index in [1.165, 1.54) is 58.1 Å². The number of methoxy groups -OCH3 is 1. The zero-order valence-electron chi connectivity index (χ0n) is 14.6. The second-order valence-electron chi connectivity index (χ2n) is 6.19. The molecular formula is C20H30O3. The highest BCUT2D eigenvalue weighted by Crippen LogP contribution is 2.15. The standard InChI is InChI=1S/C20H30O3/c1-17(21)19(20(22)23-2)16-12-7-5-3-4-6-9-13-18-14-10-8-11-15-18/h8,10-11,14-15,19H,3-7,9,12-13,16H2,1-2H3. The summed E-state index contributed by atoms with van der Waals surface area (Å²) < 4.78 is 4.67. The largest absolute Gasteiger partial charge is 0.468 e. The van der Waals surface area contributed by atoms with E-state index < -0.39 is 11.9 Å². The predicted molar refractivity (Wildman–Crippen MR) is 93.3 cm³/mol. The normalized spacial score (nSPS) is 11.9. The fraction of sp³-hybridized carbons (Fsp3) is 0.600. The van der Waals surface area contributed by atoms with Gasteiger partial charge in [-0.3, -0.25) is 9.59 Å². The minimum absolute atomic E-state index is 0.0854. The second kappa shape index (κ2) is 11.9. The van der Waals surface area contributed by atoms with Crippen molar-refractivity contribution in [3.63, 3.8) is 0 Å². The number of carbonyl (C=O) groups excluding carboxylic acids is 2. The summed E-state index contributed by atoms with van der Waals surface area (Å²) in [5.41, 5.74) is 1.42. The van der Waals surface area contributed by atoms with Gasteiger partial charge < -0.3 is 4.74 Å². The molecule has 0 aliphatic carbocycles. The maximum atomic E-state index is 11.5. The molecule has 1 unspecified atom stereocenters. The number of benzene rings is 1. The highest BCUT2D eigenvalue weighted by atomic mass is 16.5. The van der Waals surface area contributed by atoms with Crippen LogP contribution in [0.4, 0.5) is 0 Å². The first kappa shape index (κ1) is 19.4. The summed E-state index contributed by atoms with van der Waals surface area (Å²) in [4.78, 5) is 22.9. The molecule has 0 saturated carbocycles. The summed E-state index contributed by atoms with van der Waals surface area (Å²) in [6.07, 6.45) is 9.99. The van der Waals surface area contributed by atoms with Gasteiger partial charge in [-0.15, -0.1) is 0 Å². The molecule has 23 heavy (non-hydrogen) atoms. The van der Waals surface area contributed by atoms with Crippen LogP contribution in [-0.2, 0) is 20.7 Å². The Labute approximate surface area is 140 Å². The van der Waals surface area contributed by atoms with Crippen LogP contribution in [0.5, 0.6) is 0 Å². The zero-order valence-corrected chi connectivity index (χ0v) is 14.6. The van der Waals surface area contributed by atoms with E-state index in [-0.39, 0.29) is 5.78 Å². The van der Waals surface area contributed by atoms with Crippen molar-refractivity contribution >= 4 is 11.8 Å². The first-order valence-electron chi connectivity index (χ1n) is 8.77. The van der Waals surface area contributed by atoms with Gasteiger partial charge in [-0.1, -0.05) is 68.9 Å². The monoisotopic (exact) mass is 318 g/mol. The van der Waals surface area contributed by atoms with Crippen LogP contribution in [0.15, 0.2) is 30.3 Å². The molecule has 128 valence electrons. The fourth-order valence-electron chi connectivity index (χ4n) is 2.84. The van der Waals surface area contributed by atoms with E-state index in [1.807, 2.05) is 0 Å². The molecule has 1 rings (SSSR count). The molecule has 0 spiro atoms. The average molecular weight is 318 g/mol. The molecule has 1 atom stereocenters. The summed E-state index contributed by atoms with van der Waals surface area (Å²) in [5.74, 6) is -1.04. The SMILES string of the molecule is COC(=O)C(CCCCCCCCCc1ccccc1)C(C)=O. The molecular weight excluding hydrogens is 288 g/mol. The van der Waals surface area contributed by atoms with Gasteiger partial charge in [0.25, 0.3) is 0 Å². The molecule has 3 nitrogen and oxygen atoms in total. The highest BCUT2D eigenvalue weighted by Gasteiger charge is 2.23. The lowest BCUT2D eigenvalue weighted by molar-refractivity contribution is -0.149. The summed E-state index contributed by atoms with van der Waals surface area (Å²) in [6, 6.07) is 10.6. The Morgan fingerprint density at radius 1 is 0.913 bits per heavy atom. The smallest absolute Gasteiger partial charge is 0.316 e. The van der Waals surface area contributed by atoms with E-state index in [0.717, 1.165) is 12.8 Å². The minimum Gasteiger partial charge on any atom is -0.468 e. The number of unbranched alkanes of at least 4 members (excludes halogenated alkanes) is 6. The zero-order chi connectivity index (χ0) is 16.9. The van der Waals surface area contributed by atoms with Crippen molar-refractivity contribution in [1.82, 2.24) is 0 Å². The van der Waals surface area contributed by atoms with E-state index in [2.05, 4.69) is 35.1 Å². The van der Waals surface area contributed by atoms with Crippen molar-refractivity contribution in [2.24, 2.45) is 5.92 Å². The molecule has 1 aromatic carbocycles. The van der Waals surface area contributed by atoms with Crippen LogP contribution in [0.2, 0.25) is 0 Å². The molecule has 0 aliphatic rings. The van der Waals surface area contributed by atoms with Crippen molar-refractivity contribution in [3.8, 4) is 0 Å². The Bertz CT molecular complexity index is 453. The van der Waals surface area contributed by atoms with Gasteiger partial charge in [0.1, 0.15) is 11.7 Å². The Kier molecular flexibility index (Phi) is 10.0. The third-order valence-corrected chi connectivity index (χ3v) is 4.28. The molecule has 0 saturated heterocycles. The lowest BCUT2D eigenvalue weighted by Crippen LogP contribution is -2.23. The van der Waals surface area contributed by atoms with Crippen molar-refractivity contribution in [2.75, 3.05) is 7.11 Å². The fourth-order valence-corrected chi connectivity index (χ4v) is 2.84. The van der Waals surface area contributed by atoms with Gasteiger partial charge in [0.15, 0.2) is 0 Å². The van der Waals surface area contributed by atoms with Gasteiger partial charge in [0.2, 0.25) is 0 Å². The number of ether oxygens (including phenoxy) is 1. The molecule has 0 N–H and O–H groups in total. The number of Topliss-reactive ketones (excluding diaryl/α,β-unsaturated/α-hetero) is 1. The Balaban J connectivity index is 1.99. The van der Waals surface area contributed by atoms with Gasteiger partial charge in [-0.2, -0.15) is 0 Å². The Morgan fingerprint density at radius 3 is 2.04 bits per heavy atom. The molecule has 0 bridgehead atoms. The quantitative estimate of drug-likeness (QED) is 0.318. The second-order valence-corrected chi connectivity index (χ2v) is 6.19. The van der Waals surface area contributed by atoms with Crippen LogP contribution < -0.4 is 0 Å². The topological polar surface area (TPSA) is 43.4 Å². The molecule has 0 aromatic heterocycles. The lowest BCUT2D eigenvalue weighted by Gasteiger charge is -2.10. The third-order valence-electron chi connectivity index (χ3n) is 4.28. The number of ketones is 1. The van der Waals surface area contributed by atoms with Gasteiger partial charge in [0.05, 0.1) is 7.11 Å². The van der Waals surface area contributed by atoms with E-state index >= 15 is 0 Å². The van der Waals surface area contributed by atoms with Gasteiger partial charge in [-0.25, -0.2) is 0 Å². The van der Waals surface area contributed by atoms with Crippen LogP contribution in [0.3, 0.4) is 0 Å². The molecule has 1 aromatic rings. The Morgan fingerprint density at radius 2 is 1.48 bits per heavy atom. The summed E-state index contributed by atoms with van der Waals surface area (Å²) in [5, 5.41) is 0. The van der Waals surface area contributed by atoms with Crippen LogP contribution >= 0.6 is 0 Å². The number of hydrogen-bond donors (Lipinski definition) is 0. The van der Waals surface area contributed by atoms with Crippen molar-refractivity contribution in [2.45, 2.75) is 64.7 Å². The highest BCUT2D eigenvalue weighted by molar-refractivity contribution is 5.97. The van der Waals surface area contributed by atoms with E-state index in [9.17, 15) is 9.59 Å². The van der Waals surface area contributed by atoms with Crippen LogP contribution in [-0.4, -0.2) is 18.9 Å². The van der Waals surface area contributed by atoms with Crippen LogP contribution in [0.1, 0.15) is 63.9 Å². The minimum atomic E-state index is -0.564. The van der Waals surface area contributed by atoms with Gasteiger partial charge in [0, 0.05) is 0 Å². The summed E-state index contributed by atoms with van der Waals surface area (Å²) in [6.45, 7) is 1.47. The first-order valence-corrected chi connectivity index (χ1v) is 8.77. The van der Waals surface area contributed by atoms with Crippen LogP contribution in [0, 0.1) is 5.92 Å². The van der Waals surface area contributed by atoms with Crippen molar-refractivity contribution in [1.29, 1.82) is 0 Å². The number of carbonyl (C=O) groups is 2. The molecule has 0 radical (unpaired) electrons. The first-order chi connectivity index (χ1) is 11.1. The molecule has 3 heteroatoms. The number of hydrogen-bond acceptors (Lipinski definition) is 3. The third kappa shape index (κ3) is 8.53. The lowest BCUT2D eigenvalue weighted by atomic mass is 9.97. The molecule has 0 heterocycles. The Hall–Kier alpha value is -1.64. The number of rotatable bonds is 12. The summed E-state index contributed by atoms with van der Waals surface area (Å²) in [7, 11) is 1.34. The van der Waals surface area contributed by atoms with E-state index in [1.54, 1.807) is 0 Å². The van der Waals surface area contributed by atoms with Crippen molar-refractivity contribution in [3.05, 3.63) is 35.9 Å². The van der Waals surface area contributed by atoms with Crippen LogP contribution in [0.25, 0.3) is 0 Å². The van der Waals surface area contributed by atoms with E-state index in [4.69, 9.17) is 0 Å². The molecule has 0 fully saturated rings. The van der Waals surface area contributed by atoms with Gasteiger partial charge >= 0.3 is 5.97 Å². The average Bonchev–Trinajstić information content (AvgIpc) is 2.56. The van der Waals surface area contributed by atoms with Gasteiger partial charge in [-0.05, 0) is 31.7 Å². The summed E-state index contributed by atoms with van der Waals surface area (Å²) >= 11 is 0. The predicted octanol–water partition coefficient (Wildman–Crippen LogP) is 4.73. The number of esters is 1. The molecule has 0 amide bonds. The van der Waals surface area contributed by atoms with Crippen molar-refractivity contribution < 1.29 is 14.3 Å². The maximum absolute atomic E-state index is 11.5.